The third-order valence-electron chi connectivity index (χ3n) is 5.90. The number of hydrogen-bond acceptors (Lipinski definition) is 2. The molecule has 2 heteroatoms. The maximum atomic E-state index is 3.86. The average Bonchev–Trinajstić information content (AvgIpc) is 2.98. The molecule has 1 atom stereocenters. The van der Waals surface area contributed by atoms with Crippen LogP contribution in [-0.4, -0.2) is 18.6 Å². The Hall–Kier alpha value is -1.70. The molecule has 2 nitrogen and oxygen atoms in total. The Morgan fingerprint density at radius 2 is 1.87 bits per heavy atom. The van der Waals surface area contributed by atoms with Crippen molar-refractivity contribution in [1.29, 1.82) is 0 Å². The Bertz CT molecular complexity index is 811. The first kappa shape index (κ1) is 14.9. The molecule has 0 spiro atoms. The number of anilines is 1. The summed E-state index contributed by atoms with van der Waals surface area (Å²) in [6.45, 7) is 11.2. The van der Waals surface area contributed by atoms with Crippen LogP contribution in [0.5, 0.6) is 0 Å². The van der Waals surface area contributed by atoms with E-state index < -0.39 is 0 Å². The van der Waals surface area contributed by atoms with E-state index in [0.717, 1.165) is 13.1 Å². The topological polar surface area (TPSA) is 15.3 Å². The molecule has 1 unspecified atom stereocenters. The zero-order chi connectivity index (χ0) is 16.2. The molecule has 1 aliphatic heterocycles. The quantitative estimate of drug-likeness (QED) is 0.923. The molecule has 1 N–H and O–H groups in total. The lowest BCUT2D eigenvalue weighted by Gasteiger charge is -2.22. The monoisotopic (exact) mass is 308 g/mol. The van der Waals surface area contributed by atoms with Gasteiger partial charge in [-0.15, -0.1) is 0 Å². The summed E-state index contributed by atoms with van der Waals surface area (Å²) in [5.41, 5.74) is 7.50. The molecule has 0 saturated carbocycles. The minimum absolute atomic E-state index is 0.0178. The van der Waals surface area contributed by atoms with Crippen LogP contribution in [-0.2, 0) is 0 Å². The van der Waals surface area contributed by atoms with Crippen molar-refractivity contribution in [3.63, 3.8) is 0 Å². The van der Waals surface area contributed by atoms with Gasteiger partial charge in [-0.2, -0.15) is 0 Å². The maximum absolute atomic E-state index is 3.86. The smallest absolute Gasteiger partial charge is 0.0796 e. The Morgan fingerprint density at radius 3 is 2.61 bits per heavy atom. The van der Waals surface area contributed by atoms with Crippen LogP contribution in [0.3, 0.4) is 0 Å². The van der Waals surface area contributed by atoms with Crippen LogP contribution in [0.15, 0.2) is 23.4 Å². The highest BCUT2D eigenvalue weighted by atomic mass is 15.1. The standard InChI is InChI=1S/C21H28N2/c1-5-23(6-2)15-11-14(3)18-13-21(4)20(17(18)12-15)16-9-7-8-10-19(16)22-21/h11-13,22H,5-10H2,1-4H3. The van der Waals surface area contributed by atoms with Gasteiger partial charge in [-0.05, 0) is 98.7 Å². The second-order valence-electron chi connectivity index (χ2n) is 7.41. The molecule has 2 aliphatic carbocycles. The van der Waals surface area contributed by atoms with Gasteiger partial charge in [-0.1, -0.05) is 0 Å². The summed E-state index contributed by atoms with van der Waals surface area (Å²) >= 11 is 0. The third kappa shape index (κ3) is 2.07. The molecule has 0 fully saturated rings. The Balaban J connectivity index is 1.99. The highest BCUT2D eigenvalue weighted by molar-refractivity contribution is 5.87. The Morgan fingerprint density at radius 1 is 1.13 bits per heavy atom. The van der Waals surface area contributed by atoms with Gasteiger partial charge in [0.15, 0.2) is 0 Å². The Labute approximate surface area is 139 Å². The second kappa shape index (κ2) is 5.15. The maximum Gasteiger partial charge on any atom is 0.0796 e. The lowest BCUT2D eigenvalue weighted by Crippen LogP contribution is -2.34. The number of hydrogen-bond donors (Lipinski definition) is 1. The average molecular weight is 308 g/mol. The van der Waals surface area contributed by atoms with Crippen molar-refractivity contribution in [2.24, 2.45) is 0 Å². The highest BCUT2D eigenvalue weighted by Gasteiger charge is 2.41. The van der Waals surface area contributed by atoms with Crippen molar-refractivity contribution in [2.75, 3.05) is 18.0 Å². The molecular formula is C21H28N2. The molecule has 3 aliphatic rings. The summed E-state index contributed by atoms with van der Waals surface area (Å²) in [6, 6.07) is 4.81. The molecule has 0 saturated heterocycles. The zero-order valence-electron chi connectivity index (χ0n) is 14.9. The summed E-state index contributed by atoms with van der Waals surface area (Å²) in [5, 5.41) is 6.78. The van der Waals surface area contributed by atoms with E-state index in [1.54, 1.807) is 11.1 Å². The van der Waals surface area contributed by atoms with Gasteiger partial charge in [-0.25, -0.2) is 0 Å². The normalized spacial score (nSPS) is 24.8. The molecule has 122 valence electrons. The number of rotatable bonds is 3. The highest BCUT2D eigenvalue weighted by Crippen LogP contribution is 2.43. The molecule has 0 radical (unpaired) electrons. The number of fused-ring (bicyclic) bond motifs is 3. The second-order valence-corrected chi connectivity index (χ2v) is 7.41. The van der Waals surface area contributed by atoms with Gasteiger partial charge in [0.25, 0.3) is 0 Å². The number of aryl methyl sites for hydroxylation is 1. The summed E-state index contributed by atoms with van der Waals surface area (Å²) in [5.74, 6) is 0. The number of nitrogens with one attached hydrogen (secondary N) is 1. The summed E-state index contributed by atoms with van der Waals surface area (Å²) < 4.78 is 0. The lowest BCUT2D eigenvalue weighted by molar-refractivity contribution is 0.613. The number of nitrogens with zero attached hydrogens (tertiary/aromatic N) is 1. The van der Waals surface area contributed by atoms with Gasteiger partial charge < -0.3 is 10.2 Å². The molecule has 4 rings (SSSR count). The Kier molecular flexibility index (Phi) is 3.33. The molecule has 1 heterocycles. The van der Waals surface area contributed by atoms with Crippen molar-refractivity contribution in [1.82, 2.24) is 5.32 Å². The van der Waals surface area contributed by atoms with Crippen molar-refractivity contribution >= 4 is 17.3 Å². The van der Waals surface area contributed by atoms with Crippen LogP contribution in [0.1, 0.15) is 52.0 Å². The van der Waals surface area contributed by atoms with E-state index in [1.807, 2.05) is 0 Å². The van der Waals surface area contributed by atoms with Crippen molar-refractivity contribution in [3.05, 3.63) is 39.4 Å². The van der Waals surface area contributed by atoms with Crippen LogP contribution >= 0.6 is 0 Å². The first-order chi connectivity index (χ1) is 11.1. The van der Waals surface area contributed by atoms with Gasteiger partial charge in [0.1, 0.15) is 0 Å². The van der Waals surface area contributed by atoms with Crippen LogP contribution in [0.25, 0.3) is 11.6 Å². The molecular weight excluding hydrogens is 280 g/mol. The van der Waals surface area contributed by atoms with Crippen LogP contribution in [0.4, 0.5) is 5.69 Å². The molecule has 0 amide bonds. The molecule has 1 aromatic carbocycles. The minimum atomic E-state index is 0.0178. The van der Waals surface area contributed by atoms with E-state index in [2.05, 4.69) is 56.1 Å². The van der Waals surface area contributed by atoms with Crippen molar-refractivity contribution < 1.29 is 0 Å². The molecule has 0 aromatic heterocycles. The SMILES string of the molecule is CCN(CC)c1cc(C)c2c(c1)=C1C3=C(CCCC3)NC1(C)C=2. The predicted molar refractivity (Wildman–Crippen MR) is 98.9 cm³/mol. The first-order valence-corrected chi connectivity index (χ1v) is 9.21. The minimum Gasteiger partial charge on any atom is -0.375 e. The van der Waals surface area contributed by atoms with E-state index >= 15 is 0 Å². The fourth-order valence-corrected chi connectivity index (χ4v) is 4.80. The van der Waals surface area contributed by atoms with Crippen LogP contribution < -0.4 is 20.7 Å². The van der Waals surface area contributed by atoms with E-state index in [1.165, 1.54) is 53.1 Å². The predicted octanol–water partition coefficient (Wildman–Crippen LogP) is 2.98. The first-order valence-electron chi connectivity index (χ1n) is 9.21. The molecule has 1 aromatic rings. The van der Waals surface area contributed by atoms with Crippen LogP contribution in [0, 0.1) is 6.92 Å². The summed E-state index contributed by atoms with van der Waals surface area (Å²) in [4.78, 5) is 2.46. The summed E-state index contributed by atoms with van der Waals surface area (Å²) in [7, 11) is 0. The largest absolute Gasteiger partial charge is 0.375 e. The fraction of sp³-hybridized carbons (Fsp3) is 0.524. The van der Waals surface area contributed by atoms with E-state index in [4.69, 9.17) is 0 Å². The van der Waals surface area contributed by atoms with Gasteiger partial charge in [0, 0.05) is 24.5 Å². The van der Waals surface area contributed by atoms with E-state index in [9.17, 15) is 0 Å². The van der Waals surface area contributed by atoms with Gasteiger partial charge in [0.05, 0.1) is 5.54 Å². The van der Waals surface area contributed by atoms with Gasteiger partial charge in [0.2, 0.25) is 0 Å². The lowest BCUT2D eigenvalue weighted by atomic mass is 9.87. The third-order valence-corrected chi connectivity index (χ3v) is 5.90. The van der Waals surface area contributed by atoms with Gasteiger partial charge in [-0.3, -0.25) is 0 Å². The molecule has 23 heavy (non-hydrogen) atoms. The van der Waals surface area contributed by atoms with E-state index in [-0.39, 0.29) is 5.54 Å². The molecule has 0 bridgehead atoms. The summed E-state index contributed by atoms with van der Waals surface area (Å²) in [6.07, 6.45) is 7.61. The van der Waals surface area contributed by atoms with Crippen LogP contribution in [0.2, 0.25) is 0 Å². The number of allylic oxidation sites excluding steroid dienone is 1. The number of benzene rings is 1. The van der Waals surface area contributed by atoms with Crippen molar-refractivity contribution in [2.45, 2.75) is 58.9 Å². The fourth-order valence-electron chi connectivity index (χ4n) is 4.80. The van der Waals surface area contributed by atoms with E-state index in [0.29, 0.717) is 0 Å². The van der Waals surface area contributed by atoms with Crippen molar-refractivity contribution in [3.8, 4) is 0 Å². The zero-order valence-corrected chi connectivity index (χ0v) is 14.9. The van der Waals surface area contributed by atoms with Gasteiger partial charge >= 0.3 is 0 Å².